The summed E-state index contributed by atoms with van der Waals surface area (Å²) >= 11 is 1.69. The number of aromatic nitrogens is 2. The Balaban J connectivity index is 2.25. The number of thiophene rings is 1. The van der Waals surface area contributed by atoms with Gasteiger partial charge < -0.3 is 16.0 Å². The number of aryl methyl sites for hydroxylation is 1. The normalized spacial score (nSPS) is 10.6. The van der Waals surface area contributed by atoms with Crippen LogP contribution >= 0.6 is 11.3 Å². The molecule has 0 radical (unpaired) electrons. The Hall–Kier alpha value is -1.89. The first-order valence-electron chi connectivity index (χ1n) is 7.16. The van der Waals surface area contributed by atoms with Crippen molar-refractivity contribution in [1.82, 2.24) is 15.3 Å². The minimum Gasteiger partial charge on any atom is -0.369 e. The minimum absolute atomic E-state index is 0.0132. The Labute approximate surface area is 128 Å². The van der Waals surface area contributed by atoms with Crippen LogP contribution in [0.1, 0.15) is 25.1 Å². The summed E-state index contributed by atoms with van der Waals surface area (Å²) in [4.78, 5) is 22.6. The average Bonchev–Trinajstić information content (AvgIpc) is 2.90. The molecule has 21 heavy (non-hydrogen) atoms. The molecule has 114 valence electrons. The monoisotopic (exact) mass is 307 g/mol. The van der Waals surface area contributed by atoms with E-state index in [1.165, 1.54) is 4.88 Å². The molecule has 2 aromatic rings. The molecule has 2 aromatic heterocycles. The standard InChI is InChI=1S/C14H21N5OS/c1-4-9-8-10-12(17-7-6-11(20)15-3)18-14(16-5-2)19-13(10)21-9/h8H,4-7H2,1-3H3,(H,15,20)(H2,16,17,18,19). The molecule has 0 atom stereocenters. The molecule has 0 saturated heterocycles. The van der Waals surface area contributed by atoms with Gasteiger partial charge in [0.25, 0.3) is 0 Å². The Kier molecular flexibility index (Phi) is 5.32. The lowest BCUT2D eigenvalue weighted by Crippen LogP contribution is -2.21. The largest absolute Gasteiger partial charge is 0.369 e. The van der Waals surface area contributed by atoms with Crippen LogP contribution in [-0.2, 0) is 11.2 Å². The summed E-state index contributed by atoms with van der Waals surface area (Å²) in [5.41, 5.74) is 0. The third-order valence-electron chi connectivity index (χ3n) is 3.05. The number of nitrogens with zero attached hydrogens (tertiary/aromatic N) is 2. The van der Waals surface area contributed by atoms with Gasteiger partial charge in [-0.15, -0.1) is 11.3 Å². The van der Waals surface area contributed by atoms with E-state index in [4.69, 9.17) is 0 Å². The van der Waals surface area contributed by atoms with Crippen LogP contribution in [0.2, 0.25) is 0 Å². The van der Waals surface area contributed by atoms with Gasteiger partial charge in [0, 0.05) is 31.4 Å². The predicted molar refractivity (Wildman–Crippen MR) is 88.1 cm³/mol. The van der Waals surface area contributed by atoms with Crippen molar-refractivity contribution in [3.8, 4) is 0 Å². The summed E-state index contributed by atoms with van der Waals surface area (Å²) in [5, 5.41) is 10.0. The van der Waals surface area contributed by atoms with Gasteiger partial charge in [-0.25, -0.2) is 4.98 Å². The highest BCUT2D eigenvalue weighted by Gasteiger charge is 2.11. The van der Waals surface area contributed by atoms with E-state index in [-0.39, 0.29) is 5.91 Å². The van der Waals surface area contributed by atoms with Crippen molar-refractivity contribution in [2.24, 2.45) is 0 Å². The van der Waals surface area contributed by atoms with Crippen molar-refractivity contribution < 1.29 is 4.79 Å². The number of carbonyl (C=O) groups excluding carboxylic acids is 1. The number of fused-ring (bicyclic) bond motifs is 1. The van der Waals surface area contributed by atoms with E-state index in [9.17, 15) is 4.79 Å². The molecule has 0 aliphatic rings. The molecule has 0 fully saturated rings. The zero-order valence-electron chi connectivity index (χ0n) is 12.6. The molecular weight excluding hydrogens is 286 g/mol. The van der Waals surface area contributed by atoms with E-state index in [1.807, 2.05) is 6.92 Å². The first-order valence-corrected chi connectivity index (χ1v) is 7.98. The Bertz CT molecular complexity index is 625. The molecule has 2 rings (SSSR count). The van der Waals surface area contributed by atoms with Crippen LogP contribution in [0.4, 0.5) is 11.8 Å². The predicted octanol–water partition coefficient (Wildman–Crippen LogP) is 2.23. The Morgan fingerprint density at radius 2 is 2.10 bits per heavy atom. The second-order valence-corrected chi connectivity index (χ2v) is 5.68. The Morgan fingerprint density at radius 1 is 1.29 bits per heavy atom. The summed E-state index contributed by atoms with van der Waals surface area (Å²) in [6.45, 7) is 5.46. The molecule has 6 nitrogen and oxygen atoms in total. The van der Waals surface area contributed by atoms with E-state index in [0.717, 1.165) is 29.0 Å². The van der Waals surface area contributed by atoms with Crippen LogP contribution in [-0.4, -0.2) is 36.0 Å². The van der Waals surface area contributed by atoms with Crippen molar-refractivity contribution in [3.05, 3.63) is 10.9 Å². The maximum absolute atomic E-state index is 11.3. The van der Waals surface area contributed by atoms with E-state index >= 15 is 0 Å². The molecule has 0 spiro atoms. The van der Waals surface area contributed by atoms with E-state index in [2.05, 4.69) is 38.9 Å². The smallest absolute Gasteiger partial charge is 0.226 e. The summed E-state index contributed by atoms with van der Waals surface area (Å²) in [6, 6.07) is 2.12. The topological polar surface area (TPSA) is 78.9 Å². The third kappa shape index (κ3) is 3.81. The van der Waals surface area contributed by atoms with Crippen LogP contribution in [0.15, 0.2) is 6.07 Å². The van der Waals surface area contributed by atoms with Gasteiger partial charge in [-0.3, -0.25) is 4.79 Å². The molecule has 0 saturated carbocycles. The van der Waals surface area contributed by atoms with Crippen LogP contribution in [0.25, 0.3) is 10.2 Å². The quantitative estimate of drug-likeness (QED) is 0.731. The number of nitrogens with one attached hydrogen (secondary N) is 3. The summed E-state index contributed by atoms with van der Waals surface area (Å²) in [7, 11) is 1.64. The zero-order valence-corrected chi connectivity index (χ0v) is 13.4. The summed E-state index contributed by atoms with van der Waals surface area (Å²) in [6.07, 6.45) is 1.40. The van der Waals surface area contributed by atoms with Crippen molar-refractivity contribution in [3.63, 3.8) is 0 Å². The number of hydrogen-bond acceptors (Lipinski definition) is 6. The van der Waals surface area contributed by atoms with Crippen molar-refractivity contribution in [2.75, 3.05) is 30.8 Å². The van der Waals surface area contributed by atoms with Gasteiger partial charge in [-0.2, -0.15) is 4.98 Å². The summed E-state index contributed by atoms with van der Waals surface area (Å²) < 4.78 is 0. The third-order valence-corrected chi connectivity index (χ3v) is 4.22. The highest BCUT2D eigenvalue weighted by atomic mass is 32.1. The fourth-order valence-electron chi connectivity index (χ4n) is 1.94. The van der Waals surface area contributed by atoms with Crippen LogP contribution in [0.5, 0.6) is 0 Å². The van der Waals surface area contributed by atoms with Gasteiger partial charge in [0.05, 0.1) is 5.39 Å². The van der Waals surface area contributed by atoms with E-state index in [0.29, 0.717) is 18.9 Å². The zero-order chi connectivity index (χ0) is 15.2. The molecular formula is C14H21N5OS. The first kappa shape index (κ1) is 15.5. The molecule has 0 aliphatic carbocycles. The molecule has 3 N–H and O–H groups in total. The average molecular weight is 307 g/mol. The van der Waals surface area contributed by atoms with Crippen molar-refractivity contribution >= 4 is 39.2 Å². The molecule has 0 aromatic carbocycles. The Morgan fingerprint density at radius 3 is 2.76 bits per heavy atom. The highest BCUT2D eigenvalue weighted by Crippen LogP contribution is 2.30. The second-order valence-electron chi connectivity index (χ2n) is 4.56. The lowest BCUT2D eigenvalue weighted by Gasteiger charge is -2.08. The summed E-state index contributed by atoms with van der Waals surface area (Å²) in [5.74, 6) is 1.42. The first-order chi connectivity index (χ1) is 10.2. The lowest BCUT2D eigenvalue weighted by atomic mass is 10.3. The van der Waals surface area contributed by atoms with Crippen LogP contribution in [0, 0.1) is 0 Å². The van der Waals surface area contributed by atoms with Gasteiger partial charge in [0.15, 0.2) is 0 Å². The van der Waals surface area contributed by atoms with Gasteiger partial charge >= 0.3 is 0 Å². The van der Waals surface area contributed by atoms with Gasteiger partial charge in [0.1, 0.15) is 10.6 Å². The highest BCUT2D eigenvalue weighted by molar-refractivity contribution is 7.18. The maximum atomic E-state index is 11.3. The SMILES string of the molecule is CCNc1nc(NCCC(=O)NC)c2cc(CC)sc2n1. The maximum Gasteiger partial charge on any atom is 0.226 e. The molecule has 1 amide bonds. The number of rotatable bonds is 7. The molecule has 2 heterocycles. The van der Waals surface area contributed by atoms with Gasteiger partial charge in [0.2, 0.25) is 11.9 Å². The number of carbonyl (C=O) groups is 1. The number of anilines is 2. The second kappa shape index (κ2) is 7.21. The molecule has 0 bridgehead atoms. The molecule has 0 aliphatic heterocycles. The van der Waals surface area contributed by atoms with E-state index in [1.54, 1.807) is 18.4 Å². The fourth-order valence-corrected chi connectivity index (χ4v) is 2.90. The minimum atomic E-state index is 0.0132. The number of hydrogen-bond donors (Lipinski definition) is 3. The van der Waals surface area contributed by atoms with Crippen molar-refractivity contribution in [1.29, 1.82) is 0 Å². The molecule has 7 heteroatoms. The van der Waals surface area contributed by atoms with Crippen LogP contribution < -0.4 is 16.0 Å². The lowest BCUT2D eigenvalue weighted by molar-refractivity contribution is -0.120. The van der Waals surface area contributed by atoms with Crippen molar-refractivity contribution in [2.45, 2.75) is 26.7 Å². The number of amides is 1. The molecule has 0 unspecified atom stereocenters. The van der Waals surface area contributed by atoms with Gasteiger partial charge in [-0.1, -0.05) is 6.92 Å². The van der Waals surface area contributed by atoms with E-state index < -0.39 is 0 Å². The fraction of sp³-hybridized carbons (Fsp3) is 0.500. The van der Waals surface area contributed by atoms with Crippen LogP contribution in [0.3, 0.4) is 0 Å². The van der Waals surface area contributed by atoms with Gasteiger partial charge in [-0.05, 0) is 19.4 Å².